The summed E-state index contributed by atoms with van der Waals surface area (Å²) in [5.74, 6) is 0.512. The highest BCUT2D eigenvalue weighted by Gasteiger charge is 1.94. The van der Waals surface area contributed by atoms with E-state index in [0.717, 1.165) is 0 Å². The lowest BCUT2D eigenvalue weighted by atomic mass is 10.3. The SMILES string of the molecule is CC(N)=Nc1ccccc1Cl. The van der Waals surface area contributed by atoms with Gasteiger partial charge in [-0.15, -0.1) is 0 Å². The quantitative estimate of drug-likeness (QED) is 0.508. The Morgan fingerprint density at radius 3 is 2.64 bits per heavy atom. The van der Waals surface area contributed by atoms with Gasteiger partial charge in [-0.1, -0.05) is 23.7 Å². The summed E-state index contributed by atoms with van der Waals surface area (Å²) < 4.78 is 0. The number of rotatable bonds is 1. The third-order valence-electron chi connectivity index (χ3n) is 1.15. The van der Waals surface area contributed by atoms with Crippen molar-refractivity contribution in [2.75, 3.05) is 0 Å². The second-order valence-corrected chi connectivity index (χ2v) is 2.61. The Hall–Kier alpha value is -1.02. The topological polar surface area (TPSA) is 38.4 Å². The molecule has 1 rings (SSSR count). The molecule has 0 heterocycles. The van der Waals surface area contributed by atoms with E-state index in [4.69, 9.17) is 17.3 Å². The molecule has 1 aromatic rings. The van der Waals surface area contributed by atoms with Gasteiger partial charge in [0.15, 0.2) is 0 Å². The highest BCUT2D eigenvalue weighted by atomic mass is 35.5. The van der Waals surface area contributed by atoms with Gasteiger partial charge in [-0.05, 0) is 19.1 Å². The van der Waals surface area contributed by atoms with Crippen molar-refractivity contribution in [1.82, 2.24) is 0 Å². The van der Waals surface area contributed by atoms with Gasteiger partial charge in [-0.25, -0.2) is 4.99 Å². The van der Waals surface area contributed by atoms with Gasteiger partial charge in [0.25, 0.3) is 0 Å². The molecule has 0 saturated carbocycles. The molecule has 0 bridgehead atoms. The van der Waals surface area contributed by atoms with Crippen LogP contribution in [0.1, 0.15) is 6.92 Å². The van der Waals surface area contributed by atoms with Crippen molar-refractivity contribution in [2.45, 2.75) is 6.92 Å². The first-order valence-corrected chi connectivity index (χ1v) is 3.63. The van der Waals surface area contributed by atoms with Gasteiger partial charge in [0, 0.05) is 0 Å². The Balaban J connectivity index is 3.04. The minimum atomic E-state index is 0.512. The molecule has 0 radical (unpaired) electrons. The molecule has 1 aromatic carbocycles. The van der Waals surface area contributed by atoms with E-state index in [1.54, 1.807) is 13.0 Å². The fraction of sp³-hybridized carbons (Fsp3) is 0.125. The minimum Gasteiger partial charge on any atom is -0.387 e. The van der Waals surface area contributed by atoms with E-state index in [1.165, 1.54) is 0 Å². The number of halogens is 1. The third-order valence-corrected chi connectivity index (χ3v) is 1.47. The molecule has 0 aliphatic carbocycles. The highest BCUT2D eigenvalue weighted by molar-refractivity contribution is 6.33. The summed E-state index contributed by atoms with van der Waals surface area (Å²) in [6.07, 6.45) is 0. The lowest BCUT2D eigenvalue weighted by Gasteiger charge is -1.96. The lowest BCUT2D eigenvalue weighted by Crippen LogP contribution is -2.03. The Labute approximate surface area is 70.7 Å². The first-order valence-electron chi connectivity index (χ1n) is 3.25. The molecule has 0 saturated heterocycles. The van der Waals surface area contributed by atoms with Crippen molar-refractivity contribution in [1.29, 1.82) is 0 Å². The summed E-state index contributed by atoms with van der Waals surface area (Å²) in [5.41, 5.74) is 6.10. The fourth-order valence-corrected chi connectivity index (χ4v) is 0.910. The van der Waals surface area contributed by atoms with Gasteiger partial charge in [-0.3, -0.25) is 0 Å². The molecule has 0 aromatic heterocycles. The van der Waals surface area contributed by atoms with Gasteiger partial charge in [0.2, 0.25) is 0 Å². The number of aliphatic imine (C=N–C) groups is 1. The van der Waals surface area contributed by atoms with Gasteiger partial charge < -0.3 is 5.73 Å². The van der Waals surface area contributed by atoms with Crippen LogP contribution in [0.25, 0.3) is 0 Å². The summed E-state index contributed by atoms with van der Waals surface area (Å²) >= 11 is 5.81. The maximum Gasteiger partial charge on any atom is 0.0965 e. The first-order chi connectivity index (χ1) is 5.20. The molecule has 11 heavy (non-hydrogen) atoms. The lowest BCUT2D eigenvalue weighted by molar-refractivity contribution is 1.45. The molecule has 0 spiro atoms. The van der Waals surface area contributed by atoms with Crippen molar-refractivity contribution < 1.29 is 0 Å². The molecular formula is C8H9ClN2. The van der Waals surface area contributed by atoms with Crippen LogP contribution in [0, 0.1) is 0 Å². The second-order valence-electron chi connectivity index (χ2n) is 2.20. The van der Waals surface area contributed by atoms with E-state index in [9.17, 15) is 0 Å². The standard InChI is InChI=1S/C8H9ClN2/c1-6(10)11-8-5-3-2-4-7(8)9/h2-5H,1H3,(H2,10,11). The smallest absolute Gasteiger partial charge is 0.0965 e. The minimum absolute atomic E-state index is 0.512. The number of nitrogens with two attached hydrogens (primary N) is 1. The molecule has 3 heteroatoms. The van der Waals surface area contributed by atoms with E-state index in [2.05, 4.69) is 4.99 Å². The van der Waals surface area contributed by atoms with Crippen LogP contribution in [-0.2, 0) is 0 Å². The zero-order valence-corrected chi connectivity index (χ0v) is 6.97. The summed E-state index contributed by atoms with van der Waals surface area (Å²) in [6.45, 7) is 1.73. The average Bonchev–Trinajstić information content (AvgIpc) is 1.93. The van der Waals surface area contributed by atoms with Crippen LogP contribution in [0.3, 0.4) is 0 Å². The molecule has 0 unspecified atom stereocenters. The Kier molecular flexibility index (Phi) is 2.49. The van der Waals surface area contributed by atoms with Crippen LogP contribution >= 0.6 is 11.6 Å². The van der Waals surface area contributed by atoms with Crippen LogP contribution in [0.4, 0.5) is 5.69 Å². The Bertz CT molecular complexity index is 277. The van der Waals surface area contributed by atoms with Crippen LogP contribution < -0.4 is 5.73 Å². The van der Waals surface area contributed by atoms with Crippen LogP contribution in [-0.4, -0.2) is 5.84 Å². The zero-order chi connectivity index (χ0) is 8.27. The zero-order valence-electron chi connectivity index (χ0n) is 6.21. The number of hydrogen-bond donors (Lipinski definition) is 1. The largest absolute Gasteiger partial charge is 0.387 e. The maximum atomic E-state index is 5.81. The normalized spacial score (nSPS) is 11.6. The first kappa shape index (κ1) is 8.08. The molecular weight excluding hydrogens is 160 g/mol. The van der Waals surface area contributed by atoms with Crippen LogP contribution in [0.15, 0.2) is 29.3 Å². The number of benzene rings is 1. The molecule has 0 aliphatic heterocycles. The van der Waals surface area contributed by atoms with Gasteiger partial charge in [0.1, 0.15) is 0 Å². The van der Waals surface area contributed by atoms with E-state index in [0.29, 0.717) is 16.5 Å². The fourth-order valence-electron chi connectivity index (χ4n) is 0.732. The molecule has 2 nitrogen and oxygen atoms in total. The second kappa shape index (κ2) is 3.39. The van der Waals surface area contributed by atoms with Crippen molar-refractivity contribution in [2.24, 2.45) is 10.7 Å². The number of para-hydroxylation sites is 1. The molecule has 2 N–H and O–H groups in total. The average molecular weight is 169 g/mol. The van der Waals surface area contributed by atoms with Crippen LogP contribution in [0.5, 0.6) is 0 Å². The number of nitrogens with zero attached hydrogens (tertiary/aromatic N) is 1. The molecule has 0 atom stereocenters. The summed E-state index contributed by atoms with van der Waals surface area (Å²) in [4.78, 5) is 4.02. The summed E-state index contributed by atoms with van der Waals surface area (Å²) in [5, 5.41) is 0.623. The molecule has 0 amide bonds. The highest BCUT2D eigenvalue weighted by Crippen LogP contribution is 2.23. The number of hydrogen-bond acceptors (Lipinski definition) is 1. The van der Waals surface area contributed by atoms with Crippen LogP contribution in [0.2, 0.25) is 5.02 Å². The summed E-state index contributed by atoms with van der Waals surface area (Å²) in [6, 6.07) is 7.32. The van der Waals surface area contributed by atoms with Crippen molar-refractivity contribution in [3.63, 3.8) is 0 Å². The molecule has 0 fully saturated rings. The molecule has 0 aliphatic rings. The van der Waals surface area contributed by atoms with Gasteiger partial charge >= 0.3 is 0 Å². The predicted octanol–water partition coefficient (Wildman–Crippen LogP) is 2.35. The monoisotopic (exact) mass is 168 g/mol. The Morgan fingerprint density at radius 2 is 2.09 bits per heavy atom. The number of amidine groups is 1. The summed E-state index contributed by atoms with van der Waals surface area (Å²) in [7, 11) is 0. The third kappa shape index (κ3) is 2.24. The van der Waals surface area contributed by atoms with Gasteiger partial charge in [-0.2, -0.15) is 0 Å². The maximum absolute atomic E-state index is 5.81. The van der Waals surface area contributed by atoms with Crippen molar-refractivity contribution in [3.8, 4) is 0 Å². The van der Waals surface area contributed by atoms with Gasteiger partial charge in [0.05, 0.1) is 16.5 Å². The Morgan fingerprint density at radius 1 is 1.45 bits per heavy atom. The predicted molar refractivity (Wildman–Crippen MR) is 48.4 cm³/mol. The van der Waals surface area contributed by atoms with E-state index in [-0.39, 0.29) is 0 Å². The van der Waals surface area contributed by atoms with E-state index >= 15 is 0 Å². The van der Waals surface area contributed by atoms with E-state index < -0.39 is 0 Å². The molecule has 58 valence electrons. The van der Waals surface area contributed by atoms with Crippen molar-refractivity contribution in [3.05, 3.63) is 29.3 Å². The van der Waals surface area contributed by atoms with Crippen molar-refractivity contribution >= 4 is 23.1 Å². The van der Waals surface area contributed by atoms with E-state index in [1.807, 2.05) is 18.2 Å².